The second-order valence-corrected chi connectivity index (χ2v) is 9.91. The second kappa shape index (κ2) is 12.6. The third kappa shape index (κ3) is 7.02. The molecule has 1 aliphatic heterocycles. The van der Waals surface area contributed by atoms with Crippen molar-refractivity contribution in [2.45, 2.75) is 13.3 Å². The molecule has 0 aromatic heterocycles. The average Bonchev–Trinajstić information content (AvgIpc) is 3.17. The Hall–Kier alpha value is -3.56. The minimum Gasteiger partial charge on any atom is -0.490 e. The van der Waals surface area contributed by atoms with Crippen LogP contribution in [-0.4, -0.2) is 41.6 Å². The van der Waals surface area contributed by atoms with Gasteiger partial charge in [0.15, 0.2) is 23.3 Å². The van der Waals surface area contributed by atoms with Gasteiger partial charge in [-0.25, -0.2) is 4.99 Å². The Balaban J connectivity index is 1.65. The fraction of sp³-hybridized carbons (Fsp3) is 0.179. The molecule has 7 nitrogen and oxygen atoms in total. The number of carbonyl (C=O) groups is 2. The van der Waals surface area contributed by atoms with Crippen molar-refractivity contribution in [3.8, 4) is 11.5 Å². The monoisotopic (exact) mass is 579 g/mol. The topological polar surface area (TPSA) is 94.2 Å². The highest BCUT2D eigenvalue weighted by Gasteiger charge is 2.33. The van der Waals surface area contributed by atoms with Crippen molar-refractivity contribution in [2.75, 3.05) is 19.8 Å². The molecule has 190 valence electrons. The summed E-state index contributed by atoms with van der Waals surface area (Å²) in [6, 6.07) is 23.2. The SMILES string of the molecule is CCOc1cc(/C=C2/SC(=Nc3ccccc3)N(CCc3ccccc3)C2=O)cc(Br)c1OCC(N)=O. The lowest BCUT2D eigenvalue weighted by atomic mass is 10.1. The van der Waals surface area contributed by atoms with Crippen molar-refractivity contribution in [3.63, 3.8) is 0 Å². The summed E-state index contributed by atoms with van der Waals surface area (Å²) in [5.74, 6) is 0.122. The number of primary amides is 1. The molecule has 37 heavy (non-hydrogen) atoms. The molecule has 0 bridgehead atoms. The highest BCUT2D eigenvalue weighted by Crippen LogP contribution is 2.39. The number of carbonyl (C=O) groups excluding carboxylic acids is 2. The van der Waals surface area contributed by atoms with Gasteiger partial charge < -0.3 is 15.2 Å². The number of benzene rings is 3. The Morgan fingerprint density at radius 1 is 1.08 bits per heavy atom. The Morgan fingerprint density at radius 3 is 2.46 bits per heavy atom. The molecule has 9 heteroatoms. The van der Waals surface area contributed by atoms with Gasteiger partial charge in [-0.15, -0.1) is 0 Å². The first-order valence-electron chi connectivity index (χ1n) is 11.7. The third-order valence-electron chi connectivity index (χ3n) is 5.32. The van der Waals surface area contributed by atoms with E-state index >= 15 is 0 Å². The summed E-state index contributed by atoms with van der Waals surface area (Å²) in [6.45, 7) is 2.48. The van der Waals surface area contributed by atoms with Crippen LogP contribution in [0.5, 0.6) is 11.5 Å². The number of ether oxygens (including phenoxy) is 2. The first kappa shape index (κ1) is 26.5. The van der Waals surface area contributed by atoms with Crippen LogP contribution in [-0.2, 0) is 16.0 Å². The predicted octanol–water partition coefficient (Wildman–Crippen LogP) is 5.56. The summed E-state index contributed by atoms with van der Waals surface area (Å²) in [7, 11) is 0. The van der Waals surface area contributed by atoms with Gasteiger partial charge >= 0.3 is 0 Å². The molecule has 4 rings (SSSR count). The van der Waals surface area contributed by atoms with Crippen LogP contribution in [0, 0.1) is 0 Å². The van der Waals surface area contributed by atoms with Crippen LogP contribution in [0.2, 0.25) is 0 Å². The van der Waals surface area contributed by atoms with E-state index in [-0.39, 0.29) is 12.5 Å². The van der Waals surface area contributed by atoms with E-state index in [1.54, 1.807) is 23.1 Å². The van der Waals surface area contributed by atoms with E-state index < -0.39 is 5.91 Å². The molecule has 0 atom stereocenters. The molecule has 1 aliphatic rings. The van der Waals surface area contributed by atoms with E-state index in [4.69, 9.17) is 20.2 Å². The number of thioether (sulfide) groups is 1. The van der Waals surface area contributed by atoms with Crippen molar-refractivity contribution >= 4 is 56.4 Å². The van der Waals surface area contributed by atoms with Crippen molar-refractivity contribution in [3.05, 3.63) is 93.3 Å². The van der Waals surface area contributed by atoms with Crippen molar-refractivity contribution in [2.24, 2.45) is 10.7 Å². The van der Waals surface area contributed by atoms with Gasteiger partial charge in [-0.05, 0) is 82.5 Å². The number of rotatable bonds is 10. The lowest BCUT2D eigenvalue weighted by Crippen LogP contribution is -2.31. The van der Waals surface area contributed by atoms with Crippen LogP contribution in [0.15, 0.2) is 87.2 Å². The van der Waals surface area contributed by atoms with E-state index in [2.05, 4.69) is 15.9 Å². The Kier molecular flexibility index (Phi) is 9.03. The van der Waals surface area contributed by atoms with Crippen molar-refractivity contribution < 1.29 is 19.1 Å². The lowest BCUT2D eigenvalue weighted by molar-refractivity contribution is -0.122. The fourth-order valence-electron chi connectivity index (χ4n) is 3.66. The van der Waals surface area contributed by atoms with E-state index in [1.165, 1.54) is 11.8 Å². The number of hydrogen-bond donors (Lipinski definition) is 1. The Morgan fingerprint density at radius 2 is 1.78 bits per heavy atom. The number of halogens is 1. The molecule has 0 unspecified atom stereocenters. The molecule has 3 aromatic rings. The van der Waals surface area contributed by atoms with Crippen molar-refractivity contribution in [1.29, 1.82) is 0 Å². The summed E-state index contributed by atoms with van der Waals surface area (Å²) in [5.41, 5.74) is 7.89. The molecular weight excluding hydrogens is 554 g/mol. The van der Waals surface area contributed by atoms with E-state index in [9.17, 15) is 9.59 Å². The highest BCUT2D eigenvalue weighted by molar-refractivity contribution is 9.10. The molecule has 0 saturated carbocycles. The van der Waals surface area contributed by atoms with Crippen LogP contribution in [0.3, 0.4) is 0 Å². The largest absolute Gasteiger partial charge is 0.490 e. The van der Waals surface area contributed by atoms with Crippen LogP contribution in [0.4, 0.5) is 5.69 Å². The minimum atomic E-state index is -0.589. The molecule has 0 spiro atoms. The number of hydrogen-bond acceptors (Lipinski definition) is 6. The van der Waals surface area contributed by atoms with Gasteiger partial charge in [-0.1, -0.05) is 48.5 Å². The summed E-state index contributed by atoms with van der Waals surface area (Å²) in [4.78, 5) is 31.7. The third-order valence-corrected chi connectivity index (χ3v) is 6.92. The number of aliphatic imine (C=N–C) groups is 1. The van der Waals surface area contributed by atoms with E-state index in [1.807, 2.05) is 67.6 Å². The van der Waals surface area contributed by atoms with Gasteiger partial charge in [-0.2, -0.15) is 0 Å². The molecule has 0 aliphatic carbocycles. The van der Waals surface area contributed by atoms with Gasteiger partial charge in [0.05, 0.1) is 21.7 Å². The lowest BCUT2D eigenvalue weighted by Gasteiger charge is -2.15. The van der Waals surface area contributed by atoms with Gasteiger partial charge in [0.1, 0.15) is 0 Å². The Bertz CT molecular complexity index is 1330. The summed E-state index contributed by atoms with van der Waals surface area (Å²) >= 11 is 4.82. The normalized spacial score (nSPS) is 15.4. The molecular formula is C28H26BrN3O4S. The predicted molar refractivity (Wildman–Crippen MR) is 151 cm³/mol. The molecule has 2 N–H and O–H groups in total. The fourth-order valence-corrected chi connectivity index (χ4v) is 5.25. The maximum atomic E-state index is 13.5. The second-order valence-electron chi connectivity index (χ2n) is 8.05. The van der Waals surface area contributed by atoms with E-state index in [0.717, 1.165) is 16.8 Å². The Labute approximate surface area is 228 Å². The average molecular weight is 581 g/mol. The van der Waals surface area contributed by atoms with Gasteiger partial charge in [-0.3, -0.25) is 14.5 Å². The maximum absolute atomic E-state index is 13.5. The zero-order valence-corrected chi connectivity index (χ0v) is 22.6. The molecule has 3 aromatic carbocycles. The minimum absolute atomic E-state index is 0.112. The van der Waals surface area contributed by atoms with Crippen LogP contribution >= 0.6 is 27.7 Å². The number of amidine groups is 1. The summed E-state index contributed by atoms with van der Waals surface area (Å²) < 4.78 is 11.8. The quantitative estimate of drug-likeness (QED) is 0.317. The van der Waals surface area contributed by atoms with Gasteiger partial charge in [0, 0.05) is 6.54 Å². The standard InChI is InChI=1S/C28H26BrN3O4S/c1-2-35-23-16-20(15-22(29)26(23)36-18-25(30)33)17-24-27(34)32(14-13-19-9-5-3-6-10-19)28(37-24)31-21-11-7-4-8-12-21/h3-12,15-17H,2,13-14,18H2,1H3,(H2,30,33)/b24-17+,31-28?. The van der Waals surface area contributed by atoms with Crippen LogP contribution in [0.25, 0.3) is 6.08 Å². The summed E-state index contributed by atoms with van der Waals surface area (Å²) in [6.07, 6.45) is 2.52. The first-order valence-corrected chi connectivity index (χ1v) is 13.3. The number of amides is 2. The number of nitrogens with two attached hydrogens (primary N) is 1. The summed E-state index contributed by atoms with van der Waals surface area (Å²) in [5, 5.41) is 0.629. The van der Waals surface area contributed by atoms with E-state index in [0.29, 0.717) is 45.6 Å². The molecule has 1 fully saturated rings. The van der Waals surface area contributed by atoms with Gasteiger partial charge in [0.25, 0.3) is 11.8 Å². The maximum Gasteiger partial charge on any atom is 0.266 e. The molecule has 1 saturated heterocycles. The number of para-hydroxylation sites is 1. The number of nitrogens with zero attached hydrogens (tertiary/aromatic N) is 2. The smallest absolute Gasteiger partial charge is 0.266 e. The van der Waals surface area contributed by atoms with Crippen molar-refractivity contribution in [1.82, 2.24) is 4.90 Å². The first-order chi connectivity index (χ1) is 17.9. The zero-order valence-electron chi connectivity index (χ0n) is 20.2. The zero-order chi connectivity index (χ0) is 26.2. The molecule has 1 heterocycles. The molecule has 2 amide bonds. The molecule has 0 radical (unpaired) electrons. The van der Waals surface area contributed by atoms with Crippen LogP contribution < -0.4 is 15.2 Å². The van der Waals surface area contributed by atoms with Gasteiger partial charge in [0.2, 0.25) is 0 Å². The highest BCUT2D eigenvalue weighted by atomic mass is 79.9. The van der Waals surface area contributed by atoms with Crippen LogP contribution in [0.1, 0.15) is 18.1 Å².